The molecule has 3 heteroatoms. The van der Waals surface area contributed by atoms with Crippen molar-refractivity contribution in [3.63, 3.8) is 0 Å². The maximum absolute atomic E-state index is 5.84. The van der Waals surface area contributed by atoms with Gasteiger partial charge in [0.05, 0.1) is 6.61 Å². The van der Waals surface area contributed by atoms with Gasteiger partial charge in [0.15, 0.2) is 0 Å². The summed E-state index contributed by atoms with van der Waals surface area (Å²) in [5, 5.41) is 3.52. The number of nitrogens with zero attached hydrogens (tertiary/aromatic N) is 1. The van der Waals surface area contributed by atoms with Crippen molar-refractivity contribution in [1.82, 2.24) is 10.2 Å². The van der Waals surface area contributed by atoms with E-state index >= 15 is 0 Å². The molecule has 1 N–H and O–H groups in total. The fraction of sp³-hybridized carbons (Fsp3) is 0.647. The highest BCUT2D eigenvalue weighted by molar-refractivity contribution is 5.27. The minimum atomic E-state index is 0.250. The molecule has 1 fully saturated rings. The summed E-state index contributed by atoms with van der Waals surface area (Å²) in [5.74, 6) is 0.988. The molecule has 0 spiro atoms. The number of rotatable bonds is 5. The molecule has 1 aliphatic rings. The van der Waals surface area contributed by atoms with Crippen molar-refractivity contribution in [1.29, 1.82) is 0 Å². The van der Waals surface area contributed by atoms with Gasteiger partial charge in [-0.1, -0.05) is 12.1 Å². The molecule has 20 heavy (non-hydrogen) atoms. The van der Waals surface area contributed by atoms with E-state index in [4.69, 9.17) is 4.74 Å². The molecule has 0 atom stereocenters. The first-order valence-corrected chi connectivity index (χ1v) is 7.73. The van der Waals surface area contributed by atoms with E-state index in [0.717, 1.165) is 38.4 Å². The predicted molar refractivity (Wildman–Crippen MR) is 84.4 cm³/mol. The molecule has 1 saturated heterocycles. The van der Waals surface area contributed by atoms with E-state index in [1.165, 1.54) is 18.5 Å². The predicted octanol–water partition coefficient (Wildman–Crippen LogP) is 2.84. The van der Waals surface area contributed by atoms with Crippen molar-refractivity contribution >= 4 is 0 Å². The third-order valence-electron chi connectivity index (χ3n) is 4.03. The molecule has 1 aromatic rings. The Morgan fingerprint density at radius 3 is 3.00 bits per heavy atom. The van der Waals surface area contributed by atoms with Crippen molar-refractivity contribution in [2.45, 2.75) is 39.2 Å². The molecule has 0 radical (unpaired) electrons. The van der Waals surface area contributed by atoms with Gasteiger partial charge >= 0.3 is 0 Å². The van der Waals surface area contributed by atoms with E-state index in [0.29, 0.717) is 0 Å². The van der Waals surface area contributed by atoms with Crippen molar-refractivity contribution in [3.8, 4) is 5.75 Å². The van der Waals surface area contributed by atoms with Gasteiger partial charge < -0.3 is 10.1 Å². The molecule has 0 amide bonds. The van der Waals surface area contributed by atoms with Crippen molar-refractivity contribution < 1.29 is 4.74 Å². The van der Waals surface area contributed by atoms with Crippen LogP contribution in [-0.2, 0) is 0 Å². The van der Waals surface area contributed by atoms with Crippen LogP contribution in [0.3, 0.4) is 0 Å². The lowest BCUT2D eigenvalue weighted by molar-refractivity contribution is 0.123. The largest absolute Gasteiger partial charge is 0.494 e. The van der Waals surface area contributed by atoms with Gasteiger partial charge in [-0.2, -0.15) is 0 Å². The first-order valence-electron chi connectivity index (χ1n) is 7.73. The Morgan fingerprint density at radius 1 is 1.35 bits per heavy atom. The Bertz CT molecular complexity index is 417. The van der Waals surface area contributed by atoms with Crippen LogP contribution in [0.25, 0.3) is 0 Å². The molecule has 0 aliphatic carbocycles. The van der Waals surface area contributed by atoms with Gasteiger partial charge in [-0.05, 0) is 64.4 Å². The maximum Gasteiger partial charge on any atom is 0.119 e. The molecule has 0 aromatic heterocycles. The second kappa shape index (κ2) is 7.09. The number of aryl methyl sites for hydroxylation is 1. The zero-order valence-electron chi connectivity index (χ0n) is 13.1. The van der Waals surface area contributed by atoms with Crippen LogP contribution in [0.1, 0.15) is 32.3 Å². The van der Waals surface area contributed by atoms with E-state index in [1.54, 1.807) is 0 Å². The Kier molecular flexibility index (Phi) is 5.44. The minimum absolute atomic E-state index is 0.250. The van der Waals surface area contributed by atoms with Gasteiger partial charge in [0.25, 0.3) is 0 Å². The lowest BCUT2D eigenvalue weighted by Crippen LogP contribution is -2.49. The first-order chi connectivity index (χ1) is 9.58. The summed E-state index contributed by atoms with van der Waals surface area (Å²) in [6.45, 7) is 12.1. The average Bonchev–Trinajstić information content (AvgIpc) is 2.56. The van der Waals surface area contributed by atoms with Gasteiger partial charge in [0, 0.05) is 18.6 Å². The van der Waals surface area contributed by atoms with Crippen LogP contribution in [0, 0.1) is 6.92 Å². The molecule has 1 aliphatic heterocycles. The summed E-state index contributed by atoms with van der Waals surface area (Å²) < 4.78 is 5.84. The monoisotopic (exact) mass is 276 g/mol. The molecular weight excluding hydrogens is 248 g/mol. The molecule has 0 saturated carbocycles. The smallest absolute Gasteiger partial charge is 0.119 e. The van der Waals surface area contributed by atoms with Gasteiger partial charge in [0.1, 0.15) is 5.75 Å². The molecular formula is C17H28N2O. The van der Waals surface area contributed by atoms with Crippen LogP contribution in [0.4, 0.5) is 0 Å². The van der Waals surface area contributed by atoms with Crippen LogP contribution in [0.2, 0.25) is 0 Å². The van der Waals surface area contributed by atoms with E-state index in [9.17, 15) is 0 Å². The zero-order valence-corrected chi connectivity index (χ0v) is 13.1. The summed E-state index contributed by atoms with van der Waals surface area (Å²) in [7, 11) is 0. The highest BCUT2D eigenvalue weighted by atomic mass is 16.5. The fourth-order valence-electron chi connectivity index (χ4n) is 2.77. The first kappa shape index (κ1) is 15.3. The van der Waals surface area contributed by atoms with E-state index in [1.807, 2.05) is 12.1 Å². The Labute approximate surface area is 123 Å². The lowest BCUT2D eigenvalue weighted by atomic mass is 10.0. The summed E-state index contributed by atoms with van der Waals surface area (Å²) in [5.41, 5.74) is 1.50. The van der Waals surface area contributed by atoms with Gasteiger partial charge in [-0.3, -0.25) is 4.90 Å². The van der Waals surface area contributed by atoms with Crippen LogP contribution in [-0.4, -0.2) is 43.2 Å². The molecule has 0 bridgehead atoms. The summed E-state index contributed by atoms with van der Waals surface area (Å²) >= 11 is 0. The van der Waals surface area contributed by atoms with Crippen LogP contribution in [0.15, 0.2) is 24.3 Å². The minimum Gasteiger partial charge on any atom is -0.494 e. The van der Waals surface area contributed by atoms with Crippen molar-refractivity contribution in [2.24, 2.45) is 0 Å². The quantitative estimate of drug-likeness (QED) is 0.837. The second-order valence-electron chi connectivity index (χ2n) is 6.35. The topological polar surface area (TPSA) is 24.5 Å². The van der Waals surface area contributed by atoms with Crippen LogP contribution < -0.4 is 10.1 Å². The lowest BCUT2D eigenvalue weighted by Gasteiger charge is -2.36. The molecule has 1 heterocycles. The normalized spacial score (nSPS) is 19.6. The Hall–Kier alpha value is -1.06. The fourth-order valence-corrected chi connectivity index (χ4v) is 2.77. The van der Waals surface area contributed by atoms with Crippen molar-refractivity contribution in [2.75, 3.05) is 32.8 Å². The van der Waals surface area contributed by atoms with Gasteiger partial charge in [-0.25, -0.2) is 0 Å². The van der Waals surface area contributed by atoms with E-state index < -0.39 is 0 Å². The standard InChI is InChI=1S/C17H28N2O/c1-15-7-4-8-16(13-15)20-12-6-11-19-10-5-9-18-14-17(19,2)3/h4,7-8,13,18H,5-6,9-12,14H2,1-3H3. The van der Waals surface area contributed by atoms with E-state index in [-0.39, 0.29) is 5.54 Å². The summed E-state index contributed by atoms with van der Waals surface area (Å²) in [6.07, 6.45) is 2.32. The third kappa shape index (κ3) is 4.50. The van der Waals surface area contributed by atoms with Gasteiger partial charge in [0.2, 0.25) is 0 Å². The molecule has 2 rings (SSSR count). The number of hydrogen-bond acceptors (Lipinski definition) is 3. The molecule has 112 valence electrons. The molecule has 3 nitrogen and oxygen atoms in total. The third-order valence-corrected chi connectivity index (χ3v) is 4.03. The molecule has 0 unspecified atom stereocenters. The van der Waals surface area contributed by atoms with Crippen LogP contribution in [0.5, 0.6) is 5.75 Å². The maximum atomic E-state index is 5.84. The number of benzene rings is 1. The van der Waals surface area contributed by atoms with Crippen LogP contribution >= 0.6 is 0 Å². The van der Waals surface area contributed by atoms with E-state index in [2.05, 4.69) is 43.1 Å². The second-order valence-corrected chi connectivity index (χ2v) is 6.35. The summed E-state index contributed by atoms with van der Waals surface area (Å²) in [4.78, 5) is 2.59. The van der Waals surface area contributed by atoms with Crippen molar-refractivity contribution in [3.05, 3.63) is 29.8 Å². The Balaban J connectivity index is 1.74. The highest BCUT2D eigenvalue weighted by Gasteiger charge is 2.27. The Morgan fingerprint density at radius 2 is 2.20 bits per heavy atom. The zero-order chi connectivity index (χ0) is 14.4. The van der Waals surface area contributed by atoms with Gasteiger partial charge in [-0.15, -0.1) is 0 Å². The summed E-state index contributed by atoms with van der Waals surface area (Å²) in [6, 6.07) is 8.28. The SMILES string of the molecule is Cc1cccc(OCCCN2CCCNCC2(C)C)c1. The number of nitrogens with one attached hydrogen (secondary N) is 1. The highest BCUT2D eigenvalue weighted by Crippen LogP contribution is 2.17. The molecule has 1 aromatic carbocycles. The number of ether oxygens (including phenoxy) is 1. The number of hydrogen-bond donors (Lipinski definition) is 1. The average molecular weight is 276 g/mol.